The summed E-state index contributed by atoms with van der Waals surface area (Å²) in [5, 5.41) is 6.92. The summed E-state index contributed by atoms with van der Waals surface area (Å²) in [4.78, 5) is 26.3. The van der Waals surface area contributed by atoms with Gasteiger partial charge in [-0.25, -0.2) is 0 Å². The molecule has 0 unspecified atom stereocenters. The number of rotatable bonds is 6. The number of hydrogen-bond donors (Lipinski definition) is 2. The Morgan fingerprint density at radius 3 is 2.88 bits per heavy atom. The number of nitrogens with two attached hydrogens (primary N) is 1. The van der Waals surface area contributed by atoms with Gasteiger partial charge in [0.05, 0.1) is 0 Å². The van der Waals surface area contributed by atoms with Crippen LogP contribution < -0.4 is 11.1 Å². The van der Waals surface area contributed by atoms with E-state index in [0.29, 0.717) is 37.7 Å². The highest BCUT2D eigenvalue weighted by Crippen LogP contribution is 2.40. The van der Waals surface area contributed by atoms with Crippen molar-refractivity contribution in [1.82, 2.24) is 15.4 Å². The number of nitrogens with one attached hydrogen (secondary N) is 1. The maximum absolute atomic E-state index is 12.3. The van der Waals surface area contributed by atoms with Gasteiger partial charge in [0, 0.05) is 37.5 Å². The van der Waals surface area contributed by atoms with Gasteiger partial charge in [-0.3, -0.25) is 9.59 Å². The number of aromatic nitrogens is 1. The molecule has 24 heavy (non-hydrogen) atoms. The van der Waals surface area contributed by atoms with Crippen molar-refractivity contribution in [2.75, 3.05) is 19.6 Å². The van der Waals surface area contributed by atoms with Crippen LogP contribution in [0.2, 0.25) is 0 Å². The Hall–Kier alpha value is -1.89. The average molecular weight is 334 g/mol. The molecule has 132 valence electrons. The van der Waals surface area contributed by atoms with E-state index in [1.54, 1.807) is 6.07 Å². The fourth-order valence-corrected chi connectivity index (χ4v) is 3.20. The number of amides is 2. The van der Waals surface area contributed by atoms with Gasteiger partial charge in [0.15, 0.2) is 5.69 Å². The van der Waals surface area contributed by atoms with Gasteiger partial charge in [-0.1, -0.05) is 12.1 Å². The van der Waals surface area contributed by atoms with Gasteiger partial charge in [-0.15, -0.1) is 0 Å². The second-order valence-electron chi connectivity index (χ2n) is 6.97. The van der Waals surface area contributed by atoms with Gasteiger partial charge < -0.3 is 20.5 Å². The number of carbonyl (C=O) groups excluding carboxylic acids is 2. The van der Waals surface area contributed by atoms with Crippen molar-refractivity contribution in [1.29, 1.82) is 0 Å². The molecular weight excluding hydrogens is 308 g/mol. The van der Waals surface area contributed by atoms with Gasteiger partial charge in [-0.2, -0.15) is 0 Å². The van der Waals surface area contributed by atoms with Crippen molar-refractivity contribution in [3.8, 4) is 0 Å². The van der Waals surface area contributed by atoms with Crippen molar-refractivity contribution < 1.29 is 14.1 Å². The molecule has 3 rings (SSSR count). The van der Waals surface area contributed by atoms with Crippen molar-refractivity contribution in [2.24, 2.45) is 11.7 Å². The highest BCUT2D eigenvalue weighted by Gasteiger charge is 2.32. The standard InChI is InChI=1S/C17H26N4O3/c1-11-10-21(16(22)3-2-7-18)8-6-13(11)19-17(23)14-9-15(24-20-14)12-4-5-12/h9,11-13H,2-8,10,18H2,1H3,(H,19,23)/t11-,13-/m1/s1. The predicted octanol–water partition coefficient (Wildman–Crippen LogP) is 1.26. The van der Waals surface area contributed by atoms with Crippen molar-refractivity contribution in [2.45, 2.75) is 51.0 Å². The Bertz CT molecular complexity index is 596. The quantitative estimate of drug-likeness (QED) is 0.815. The van der Waals surface area contributed by atoms with Crippen molar-refractivity contribution in [3.63, 3.8) is 0 Å². The third-order valence-corrected chi connectivity index (χ3v) is 4.91. The summed E-state index contributed by atoms with van der Waals surface area (Å²) >= 11 is 0. The molecule has 1 aliphatic carbocycles. The fourth-order valence-electron chi connectivity index (χ4n) is 3.20. The molecule has 2 amide bonds. The molecule has 1 aromatic rings. The molecule has 2 atom stereocenters. The zero-order valence-corrected chi connectivity index (χ0v) is 14.2. The Balaban J connectivity index is 1.50. The average Bonchev–Trinajstić information content (AvgIpc) is 3.31. The first-order valence-electron chi connectivity index (χ1n) is 8.83. The third-order valence-electron chi connectivity index (χ3n) is 4.91. The zero-order valence-electron chi connectivity index (χ0n) is 14.2. The first-order valence-corrected chi connectivity index (χ1v) is 8.83. The van der Waals surface area contributed by atoms with Crippen LogP contribution in [0.15, 0.2) is 10.6 Å². The van der Waals surface area contributed by atoms with Crippen LogP contribution in [-0.4, -0.2) is 47.5 Å². The minimum absolute atomic E-state index is 0.0529. The Labute approximate surface area is 141 Å². The molecule has 1 aromatic heterocycles. The largest absolute Gasteiger partial charge is 0.360 e. The van der Waals surface area contributed by atoms with E-state index in [-0.39, 0.29) is 23.8 Å². The molecule has 3 N–H and O–H groups in total. The van der Waals surface area contributed by atoms with Crippen LogP contribution in [0.3, 0.4) is 0 Å². The van der Waals surface area contributed by atoms with E-state index in [1.165, 1.54) is 0 Å². The van der Waals surface area contributed by atoms with Gasteiger partial charge in [0.25, 0.3) is 5.91 Å². The number of hydrogen-bond acceptors (Lipinski definition) is 5. The number of carbonyl (C=O) groups is 2. The van der Waals surface area contributed by atoms with Crippen LogP contribution in [0.1, 0.15) is 61.2 Å². The first kappa shape index (κ1) is 17.0. The van der Waals surface area contributed by atoms with E-state index < -0.39 is 0 Å². The minimum Gasteiger partial charge on any atom is -0.360 e. The smallest absolute Gasteiger partial charge is 0.273 e. The summed E-state index contributed by atoms with van der Waals surface area (Å²) in [5.41, 5.74) is 5.81. The summed E-state index contributed by atoms with van der Waals surface area (Å²) in [6, 6.07) is 1.81. The van der Waals surface area contributed by atoms with Crippen LogP contribution >= 0.6 is 0 Å². The third kappa shape index (κ3) is 3.95. The summed E-state index contributed by atoms with van der Waals surface area (Å²) in [7, 11) is 0. The normalized spacial score (nSPS) is 24.0. The summed E-state index contributed by atoms with van der Waals surface area (Å²) in [5.74, 6) is 1.43. The lowest BCUT2D eigenvalue weighted by Crippen LogP contribution is -2.51. The van der Waals surface area contributed by atoms with Gasteiger partial charge in [0.2, 0.25) is 5.91 Å². The maximum Gasteiger partial charge on any atom is 0.273 e. The molecule has 2 heterocycles. The van der Waals surface area contributed by atoms with E-state index in [9.17, 15) is 9.59 Å². The second-order valence-corrected chi connectivity index (χ2v) is 6.97. The molecule has 0 radical (unpaired) electrons. The topological polar surface area (TPSA) is 101 Å². The van der Waals surface area contributed by atoms with Gasteiger partial charge in [0.1, 0.15) is 5.76 Å². The second kappa shape index (κ2) is 7.34. The van der Waals surface area contributed by atoms with Crippen LogP contribution in [-0.2, 0) is 4.79 Å². The van der Waals surface area contributed by atoms with Gasteiger partial charge >= 0.3 is 0 Å². The first-order chi connectivity index (χ1) is 11.6. The number of likely N-dealkylation sites (tertiary alicyclic amines) is 1. The minimum atomic E-state index is -0.189. The SMILES string of the molecule is C[C@@H]1CN(C(=O)CCCN)CC[C@H]1NC(=O)c1cc(C2CC2)on1. The van der Waals surface area contributed by atoms with Crippen LogP contribution in [0.5, 0.6) is 0 Å². The number of nitrogens with zero attached hydrogens (tertiary/aromatic N) is 2. The molecule has 1 aliphatic heterocycles. The highest BCUT2D eigenvalue weighted by atomic mass is 16.5. The Morgan fingerprint density at radius 2 is 2.21 bits per heavy atom. The fraction of sp³-hybridized carbons (Fsp3) is 0.706. The lowest BCUT2D eigenvalue weighted by molar-refractivity contribution is -0.133. The highest BCUT2D eigenvalue weighted by molar-refractivity contribution is 5.92. The van der Waals surface area contributed by atoms with Gasteiger partial charge in [-0.05, 0) is 38.1 Å². The lowest BCUT2D eigenvalue weighted by atomic mass is 9.93. The molecule has 2 aliphatic rings. The van der Waals surface area contributed by atoms with E-state index in [0.717, 1.165) is 31.4 Å². The monoisotopic (exact) mass is 334 g/mol. The Kier molecular flexibility index (Phi) is 5.18. The van der Waals surface area contributed by atoms with E-state index >= 15 is 0 Å². The molecule has 7 nitrogen and oxygen atoms in total. The maximum atomic E-state index is 12.3. The molecule has 7 heteroatoms. The zero-order chi connectivity index (χ0) is 17.1. The van der Waals surface area contributed by atoms with E-state index in [2.05, 4.69) is 17.4 Å². The summed E-state index contributed by atoms with van der Waals surface area (Å²) in [6.07, 6.45) is 4.21. The molecule has 2 fully saturated rings. The van der Waals surface area contributed by atoms with Crippen LogP contribution in [0.4, 0.5) is 0 Å². The molecule has 0 bridgehead atoms. The lowest BCUT2D eigenvalue weighted by Gasteiger charge is -2.37. The molecular formula is C17H26N4O3. The summed E-state index contributed by atoms with van der Waals surface area (Å²) in [6.45, 7) is 3.94. The summed E-state index contributed by atoms with van der Waals surface area (Å²) < 4.78 is 5.24. The predicted molar refractivity (Wildman–Crippen MR) is 88.4 cm³/mol. The van der Waals surface area contributed by atoms with Crippen molar-refractivity contribution >= 4 is 11.8 Å². The van der Waals surface area contributed by atoms with Crippen molar-refractivity contribution in [3.05, 3.63) is 17.5 Å². The van der Waals surface area contributed by atoms with E-state index in [4.69, 9.17) is 10.3 Å². The molecule has 0 aromatic carbocycles. The van der Waals surface area contributed by atoms with Crippen LogP contribution in [0.25, 0.3) is 0 Å². The Morgan fingerprint density at radius 1 is 1.42 bits per heavy atom. The number of piperidine rings is 1. The van der Waals surface area contributed by atoms with E-state index in [1.807, 2.05) is 4.90 Å². The molecule has 1 saturated carbocycles. The molecule has 0 spiro atoms. The van der Waals surface area contributed by atoms with Crippen LogP contribution in [0, 0.1) is 5.92 Å². The molecule has 1 saturated heterocycles.